The van der Waals surface area contributed by atoms with Gasteiger partial charge in [-0.1, -0.05) is 44.5 Å². The average Bonchev–Trinajstić information content (AvgIpc) is 2.60. The highest BCUT2D eigenvalue weighted by Crippen LogP contribution is 2.18. The number of rotatable bonds is 8. The Kier molecular flexibility index (Phi) is 7.65. The van der Waals surface area contributed by atoms with Crippen LogP contribution in [0.3, 0.4) is 0 Å². The number of hydrogen-bond acceptors (Lipinski definition) is 4. The fourth-order valence-corrected chi connectivity index (χ4v) is 4.37. The first-order valence-electron chi connectivity index (χ1n) is 9.62. The summed E-state index contributed by atoms with van der Waals surface area (Å²) in [4.78, 5) is 14.5. The number of carbonyl (C=O) groups excluding carboxylic acids is 1. The van der Waals surface area contributed by atoms with Crippen molar-refractivity contribution in [3.8, 4) is 0 Å². The Morgan fingerprint density at radius 3 is 2.27 bits per heavy atom. The van der Waals surface area contributed by atoms with Crippen molar-refractivity contribution in [3.05, 3.63) is 35.4 Å². The second kappa shape index (κ2) is 9.51. The van der Waals surface area contributed by atoms with Gasteiger partial charge in [0.1, 0.15) is 0 Å². The van der Waals surface area contributed by atoms with Gasteiger partial charge in [-0.3, -0.25) is 9.52 Å². The maximum Gasteiger partial charge on any atom is 0.240 e. The third-order valence-corrected chi connectivity index (χ3v) is 6.13. The van der Waals surface area contributed by atoms with Crippen molar-refractivity contribution >= 4 is 15.9 Å². The molecule has 0 bridgehead atoms. The summed E-state index contributed by atoms with van der Waals surface area (Å²) in [6.45, 7) is 8.45. The molecule has 0 radical (unpaired) electrons. The van der Waals surface area contributed by atoms with Gasteiger partial charge in [-0.25, -0.2) is 8.42 Å². The Labute approximate surface area is 158 Å². The van der Waals surface area contributed by atoms with Crippen molar-refractivity contribution in [2.75, 3.05) is 25.4 Å². The van der Waals surface area contributed by atoms with Crippen LogP contribution in [0, 0.1) is 5.92 Å². The number of nitrogens with one attached hydrogen (secondary N) is 1. The molecule has 1 atom stereocenters. The minimum Gasteiger partial charge on any atom is -0.302 e. The normalized spacial score (nSPS) is 17.2. The topological polar surface area (TPSA) is 66.5 Å². The maximum atomic E-state index is 12.4. The SMILES string of the molecule is CC(C)Cc1ccc(C(C)C(=O)NS(=O)(=O)CCN2CCCCC2)cc1. The van der Waals surface area contributed by atoms with Gasteiger partial charge in [-0.2, -0.15) is 0 Å². The number of amides is 1. The number of likely N-dealkylation sites (tertiary alicyclic amines) is 1. The van der Waals surface area contributed by atoms with Crippen LogP contribution in [0.15, 0.2) is 24.3 Å². The summed E-state index contributed by atoms with van der Waals surface area (Å²) in [5, 5.41) is 0. The summed E-state index contributed by atoms with van der Waals surface area (Å²) in [5.41, 5.74) is 2.06. The summed E-state index contributed by atoms with van der Waals surface area (Å²) in [7, 11) is -3.60. The predicted octanol–water partition coefficient (Wildman–Crippen LogP) is 2.92. The molecule has 0 spiro atoms. The molecule has 1 aromatic carbocycles. The molecule has 0 aromatic heterocycles. The Morgan fingerprint density at radius 2 is 1.69 bits per heavy atom. The zero-order valence-electron chi connectivity index (χ0n) is 16.2. The molecular weight excluding hydrogens is 348 g/mol. The molecule has 1 aliphatic heterocycles. The van der Waals surface area contributed by atoms with Crippen LogP contribution in [0.4, 0.5) is 0 Å². The van der Waals surface area contributed by atoms with Gasteiger partial charge in [-0.15, -0.1) is 0 Å². The lowest BCUT2D eigenvalue weighted by molar-refractivity contribution is -0.120. The lowest BCUT2D eigenvalue weighted by atomic mass is 9.96. The average molecular weight is 381 g/mol. The van der Waals surface area contributed by atoms with E-state index in [2.05, 4.69) is 23.5 Å². The van der Waals surface area contributed by atoms with Crippen LogP contribution >= 0.6 is 0 Å². The second-order valence-electron chi connectivity index (χ2n) is 7.75. The molecule has 6 heteroatoms. The van der Waals surface area contributed by atoms with Gasteiger partial charge in [0.2, 0.25) is 15.9 Å². The fraction of sp³-hybridized carbons (Fsp3) is 0.650. The number of nitrogens with zero attached hydrogens (tertiary/aromatic N) is 1. The van der Waals surface area contributed by atoms with E-state index in [0.717, 1.165) is 37.9 Å². The molecule has 2 rings (SSSR count). The smallest absolute Gasteiger partial charge is 0.240 e. The van der Waals surface area contributed by atoms with E-state index in [4.69, 9.17) is 0 Å². The van der Waals surface area contributed by atoms with Gasteiger partial charge in [0.25, 0.3) is 0 Å². The van der Waals surface area contributed by atoms with Crippen LogP contribution in [-0.4, -0.2) is 44.6 Å². The molecule has 1 saturated heterocycles. The second-order valence-corrected chi connectivity index (χ2v) is 9.59. The molecule has 1 aliphatic rings. The van der Waals surface area contributed by atoms with Crippen molar-refractivity contribution in [1.29, 1.82) is 0 Å². The lowest BCUT2D eigenvalue weighted by Crippen LogP contribution is -2.40. The third-order valence-electron chi connectivity index (χ3n) is 4.90. The Bertz CT molecular complexity index is 678. The molecule has 0 saturated carbocycles. The third kappa shape index (κ3) is 6.72. The first-order chi connectivity index (χ1) is 12.3. The molecule has 146 valence electrons. The van der Waals surface area contributed by atoms with Gasteiger partial charge in [0.15, 0.2) is 0 Å². The van der Waals surface area contributed by atoms with E-state index in [0.29, 0.717) is 12.5 Å². The number of benzene rings is 1. The zero-order chi connectivity index (χ0) is 19.2. The van der Waals surface area contributed by atoms with E-state index in [1.54, 1.807) is 6.92 Å². The largest absolute Gasteiger partial charge is 0.302 e. The molecule has 1 N–H and O–H groups in total. The van der Waals surface area contributed by atoms with Gasteiger partial charge >= 0.3 is 0 Å². The van der Waals surface area contributed by atoms with Crippen LogP contribution in [-0.2, 0) is 21.2 Å². The van der Waals surface area contributed by atoms with E-state index in [-0.39, 0.29) is 5.75 Å². The molecular formula is C20H32N2O3S. The first kappa shape index (κ1) is 20.9. The monoisotopic (exact) mass is 380 g/mol. The Hall–Kier alpha value is -1.40. The standard InChI is InChI=1S/C20H32N2O3S/c1-16(2)15-18-7-9-19(10-8-18)17(3)20(23)21-26(24,25)14-13-22-11-5-4-6-12-22/h7-10,16-17H,4-6,11-15H2,1-3H3,(H,21,23). The molecule has 1 unspecified atom stereocenters. The van der Waals surface area contributed by atoms with Crippen LogP contribution in [0.25, 0.3) is 0 Å². The molecule has 0 aliphatic carbocycles. The van der Waals surface area contributed by atoms with Gasteiger partial charge in [0.05, 0.1) is 11.7 Å². The Balaban J connectivity index is 1.88. The molecule has 1 fully saturated rings. The highest BCUT2D eigenvalue weighted by atomic mass is 32.2. The zero-order valence-corrected chi connectivity index (χ0v) is 17.0. The molecule has 1 heterocycles. The summed E-state index contributed by atoms with van der Waals surface area (Å²) in [6, 6.07) is 7.87. The minimum absolute atomic E-state index is 0.0290. The van der Waals surface area contributed by atoms with E-state index < -0.39 is 21.8 Å². The quantitative estimate of drug-likeness (QED) is 0.753. The van der Waals surface area contributed by atoms with Crippen molar-refractivity contribution in [3.63, 3.8) is 0 Å². The molecule has 1 aromatic rings. The summed E-state index contributed by atoms with van der Waals surface area (Å²) >= 11 is 0. The van der Waals surface area contributed by atoms with Crippen LogP contribution in [0.5, 0.6) is 0 Å². The number of sulfonamides is 1. The lowest BCUT2D eigenvalue weighted by Gasteiger charge is -2.26. The molecule has 5 nitrogen and oxygen atoms in total. The predicted molar refractivity (Wildman–Crippen MR) is 106 cm³/mol. The van der Waals surface area contributed by atoms with E-state index in [9.17, 15) is 13.2 Å². The van der Waals surface area contributed by atoms with Crippen molar-refractivity contribution in [2.24, 2.45) is 5.92 Å². The fourth-order valence-electron chi connectivity index (χ4n) is 3.29. The summed E-state index contributed by atoms with van der Waals surface area (Å²) < 4.78 is 26.7. The maximum absolute atomic E-state index is 12.4. The number of hydrogen-bond donors (Lipinski definition) is 1. The Morgan fingerprint density at radius 1 is 1.08 bits per heavy atom. The number of piperidine rings is 1. The van der Waals surface area contributed by atoms with Gasteiger partial charge in [-0.05, 0) is 56.3 Å². The van der Waals surface area contributed by atoms with E-state index in [1.807, 2.05) is 24.3 Å². The highest BCUT2D eigenvalue weighted by molar-refractivity contribution is 7.90. The highest BCUT2D eigenvalue weighted by Gasteiger charge is 2.22. The van der Waals surface area contributed by atoms with Gasteiger partial charge < -0.3 is 4.90 Å². The number of carbonyl (C=O) groups is 1. The van der Waals surface area contributed by atoms with Gasteiger partial charge in [0, 0.05) is 6.54 Å². The van der Waals surface area contributed by atoms with Crippen molar-refractivity contribution in [2.45, 2.75) is 52.4 Å². The first-order valence-corrected chi connectivity index (χ1v) is 11.3. The van der Waals surface area contributed by atoms with E-state index >= 15 is 0 Å². The summed E-state index contributed by atoms with van der Waals surface area (Å²) in [6.07, 6.45) is 4.45. The van der Waals surface area contributed by atoms with Crippen LogP contribution in [0.2, 0.25) is 0 Å². The van der Waals surface area contributed by atoms with Crippen molar-refractivity contribution < 1.29 is 13.2 Å². The van der Waals surface area contributed by atoms with E-state index in [1.165, 1.54) is 12.0 Å². The van der Waals surface area contributed by atoms with Crippen LogP contribution < -0.4 is 4.72 Å². The molecule has 1 amide bonds. The summed E-state index contributed by atoms with van der Waals surface area (Å²) in [5.74, 6) is -0.404. The van der Waals surface area contributed by atoms with Crippen LogP contribution in [0.1, 0.15) is 57.1 Å². The van der Waals surface area contributed by atoms with Crippen molar-refractivity contribution in [1.82, 2.24) is 9.62 Å². The molecule has 26 heavy (non-hydrogen) atoms. The minimum atomic E-state index is -3.60.